The second-order valence-electron chi connectivity index (χ2n) is 7.57. The highest BCUT2D eigenvalue weighted by molar-refractivity contribution is 5.94. The SMILES string of the molecule is O=C(NCC1CCCCC1)c1nn(Cc2ccc(F)cc2)c2c1COCC2. The van der Waals surface area contributed by atoms with E-state index in [0.717, 1.165) is 29.8 Å². The van der Waals surface area contributed by atoms with E-state index in [9.17, 15) is 9.18 Å². The van der Waals surface area contributed by atoms with E-state index in [4.69, 9.17) is 4.74 Å². The number of nitrogens with zero attached hydrogens (tertiary/aromatic N) is 2. The zero-order valence-corrected chi connectivity index (χ0v) is 15.5. The molecule has 1 aliphatic heterocycles. The summed E-state index contributed by atoms with van der Waals surface area (Å²) in [4.78, 5) is 12.8. The summed E-state index contributed by atoms with van der Waals surface area (Å²) >= 11 is 0. The molecule has 0 saturated heterocycles. The van der Waals surface area contributed by atoms with Crippen molar-refractivity contribution in [3.05, 3.63) is 52.6 Å². The van der Waals surface area contributed by atoms with Gasteiger partial charge in [0, 0.05) is 24.2 Å². The fourth-order valence-corrected chi connectivity index (χ4v) is 4.10. The lowest BCUT2D eigenvalue weighted by molar-refractivity contribution is 0.0916. The monoisotopic (exact) mass is 371 g/mol. The number of fused-ring (bicyclic) bond motifs is 1. The van der Waals surface area contributed by atoms with E-state index in [2.05, 4.69) is 10.4 Å². The number of carbonyl (C=O) groups excluding carboxylic acids is 1. The molecule has 1 amide bonds. The van der Waals surface area contributed by atoms with Gasteiger partial charge >= 0.3 is 0 Å². The molecular formula is C21H26FN3O2. The van der Waals surface area contributed by atoms with Crippen LogP contribution in [0.4, 0.5) is 4.39 Å². The molecule has 1 aliphatic carbocycles. The minimum Gasteiger partial charge on any atom is -0.376 e. The number of rotatable bonds is 5. The fourth-order valence-electron chi connectivity index (χ4n) is 4.10. The van der Waals surface area contributed by atoms with Crippen LogP contribution in [-0.4, -0.2) is 28.8 Å². The summed E-state index contributed by atoms with van der Waals surface area (Å²) in [6.45, 7) is 2.30. The molecule has 0 bridgehead atoms. The van der Waals surface area contributed by atoms with Crippen molar-refractivity contribution < 1.29 is 13.9 Å². The van der Waals surface area contributed by atoms with E-state index in [1.165, 1.54) is 44.2 Å². The molecular weight excluding hydrogens is 345 g/mol. The quantitative estimate of drug-likeness (QED) is 0.876. The van der Waals surface area contributed by atoms with Crippen LogP contribution in [0.15, 0.2) is 24.3 Å². The smallest absolute Gasteiger partial charge is 0.272 e. The van der Waals surface area contributed by atoms with Crippen LogP contribution in [0.5, 0.6) is 0 Å². The van der Waals surface area contributed by atoms with E-state index in [0.29, 0.717) is 31.4 Å². The van der Waals surface area contributed by atoms with Crippen LogP contribution in [0, 0.1) is 11.7 Å². The van der Waals surface area contributed by atoms with Crippen LogP contribution in [-0.2, 0) is 24.3 Å². The molecule has 2 aliphatic rings. The van der Waals surface area contributed by atoms with Crippen LogP contribution in [0.1, 0.15) is 59.4 Å². The molecule has 6 heteroatoms. The van der Waals surface area contributed by atoms with Gasteiger partial charge in [0.25, 0.3) is 5.91 Å². The molecule has 0 atom stereocenters. The molecule has 1 N–H and O–H groups in total. The van der Waals surface area contributed by atoms with Crippen molar-refractivity contribution >= 4 is 5.91 Å². The standard InChI is InChI=1S/C21H26FN3O2/c22-17-8-6-16(7-9-17)13-25-19-10-11-27-14-18(19)20(24-25)21(26)23-12-15-4-2-1-3-5-15/h6-9,15H,1-5,10-14H2,(H,23,26). The first-order chi connectivity index (χ1) is 13.2. The molecule has 0 unspecified atom stereocenters. The summed E-state index contributed by atoms with van der Waals surface area (Å²) < 4.78 is 20.6. The Morgan fingerprint density at radius 3 is 2.78 bits per heavy atom. The van der Waals surface area contributed by atoms with Gasteiger partial charge in [0.05, 0.1) is 19.8 Å². The molecule has 2 aromatic rings. The number of halogens is 1. The van der Waals surface area contributed by atoms with Crippen molar-refractivity contribution in [1.29, 1.82) is 0 Å². The summed E-state index contributed by atoms with van der Waals surface area (Å²) in [6, 6.07) is 6.41. The van der Waals surface area contributed by atoms with Crippen molar-refractivity contribution in [2.75, 3.05) is 13.2 Å². The Bertz CT molecular complexity index is 795. The van der Waals surface area contributed by atoms with Crippen LogP contribution in [0.3, 0.4) is 0 Å². The highest BCUT2D eigenvalue weighted by Gasteiger charge is 2.26. The van der Waals surface area contributed by atoms with Crippen molar-refractivity contribution in [2.24, 2.45) is 5.92 Å². The molecule has 5 nitrogen and oxygen atoms in total. The maximum Gasteiger partial charge on any atom is 0.272 e. The summed E-state index contributed by atoms with van der Waals surface area (Å²) in [5.74, 6) is 0.216. The van der Waals surface area contributed by atoms with Crippen molar-refractivity contribution in [3.8, 4) is 0 Å². The summed E-state index contributed by atoms with van der Waals surface area (Å²) in [7, 11) is 0. The zero-order valence-electron chi connectivity index (χ0n) is 15.5. The van der Waals surface area contributed by atoms with Crippen LogP contribution in [0.25, 0.3) is 0 Å². The maximum absolute atomic E-state index is 13.2. The Hall–Kier alpha value is -2.21. The predicted molar refractivity (Wildman–Crippen MR) is 100.0 cm³/mol. The van der Waals surface area contributed by atoms with Crippen LogP contribution < -0.4 is 5.32 Å². The molecule has 1 fully saturated rings. The van der Waals surface area contributed by atoms with Crippen molar-refractivity contribution in [3.63, 3.8) is 0 Å². The van der Waals surface area contributed by atoms with Gasteiger partial charge in [-0.3, -0.25) is 9.48 Å². The third-order valence-electron chi connectivity index (χ3n) is 5.63. The average molecular weight is 371 g/mol. The van der Waals surface area contributed by atoms with E-state index in [1.54, 1.807) is 12.1 Å². The predicted octanol–water partition coefficient (Wildman–Crippen LogP) is 3.45. The minimum atomic E-state index is -0.252. The lowest BCUT2D eigenvalue weighted by Crippen LogP contribution is -2.31. The van der Waals surface area contributed by atoms with Gasteiger partial charge in [-0.15, -0.1) is 0 Å². The third-order valence-corrected chi connectivity index (χ3v) is 5.63. The zero-order chi connectivity index (χ0) is 18.6. The van der Waals surface area contributed by atoms with Crippen molar-refractivity contribution in [2.45, 2.75) is 51.7 Å². The number of hydrogen-bond acceptors (Lipinski definition) is 3. The number of nitrogens with one attached hydrogen (secondary N) is 1. The molecule has 0 radical (unpaired) electrons. The summed E-state index contributed by atoms with van der Waals surface area (Å²) in [5, 5.41) is 7.69. The normalized spacial score (nSPS) is 17.5. The second kappa shape index (κ2) is 8.21. The molecule has 1 aromatic heterocycles. The first kappa shape index (κ1) is 18.2. The molecule has 2 heterocycles. The van der Waals surface area contributed by atoms with Gasteiger partial charge in [-0.1, -0.05) is 31.4 Å². The lowest BCUT2D eigenvalue weighted by atomic mass is 9.89. The third kappa shape index (κ3) is 4.21. The molecule has 4 rings (SSSR count). The second-order valence-corrected chi connectivity index (χ2v) is 7.57. The molecule has 1 saturated carbocycles. The molecule has 27 heavy (non-hydrogen) atoms. The Morgan fingerprint density at radius 1 is 1.22 bits per heavy atom. The minimum absolute atomic E-state index is 0.111. The number of aromatic nitrogens is 2. The number of hydrogen-bond donors (Lipinski definition) is 1. The van der Waals surface area contributed by atoms with Gasteiger partial charge in [0.15, 0.2) is 5.69 Å². The van der Waals surface area contributed by atoms with Gasteiger partial charge in [0.2, 0.25) is 0 Å². The van der Waals surface area contributed by atoms with Gasteiger partial charge in [-0.2, -0.15) is 5.10 Å². The summed E-state index contributed by atoms with van der Waals surface area (Å²) in [6.07, 6.45) is 6.95. The maximum atomic E-state index is 13.2. The number of benzene rings is 1. The van der Waals surface area contributed by atoms with Gasteiger partial charge in [-0.25, -0.2) is 4.39 Å². The largest absolute Gasteiger partial charge is 0.376 e. The van der Waals surface area contributed by atoms with Crippen LogP contribution in [0.2, 0.25) is 0 Å². The molecule has 0 spiro atoms. The summed E-state index contributed by atoms with van der Waals surface area (Å²) in [5.41, 5.74) is 3.38. The Kier molecular flexibility index (Phi) is 5.53. The molecule has 1 aromatic carbocycles. The average Bonchev–Trinajstić information content (AvgIpc) is 3.07. The van der Waals surface area contributed by atoms with E-state index < -0.39 is 0 Å². The van der Waals surface area contributed by atoms with Crippen molar-refractivity contribution in [1.82, 2.24) is 15.1 Å². The van der Waals surface area contributed by atoms with Gasteiger partial charge < -0.3 is 10.1 Å². The first-order valence-electron chi connectivity index (χ1n) is 9.89. The van der Waals surface area contributed by atoms with Crippen LogP contribution >= 0.6 is 0 Å². The molecule has 144 valence electrons. The van der Waals surface area contributed by atoms with Gasteiger partial charge in [0.1, 0.15) is 5.82 Å². The lowest BCUT2D eigenvalue weighted by Gasteiger charge is -2.21. The number of carbonyl (C=O) groups is 1. The van der Waals surface area contributed by atoms with E-state index in [-0.39, 0.29) is 11.7 Å². The topological polar surface area (TPSA) is 56.2 Å². The number of ether oxygens (including phenoxy) is 1. The van der Waals surface area contributed by atoms with E-state index in [1.807, 2.05) is 4.68 Å². The first-order valence-corrected chi connectivity index (χ1v) is 9.89. The fraction of sp³-hybridized carbons (Fsp3) is 0.524. The Morgan fingerprint density at radius 2 is 2.00 bits per heavy atom. The number of amides is 1. The Labute approximate surface area is 158 Å². The van der Waals surface area contributed by atoms with E-state index >= 15 is 0 Å². The highest BCUT2D eigenvalue weighted by Crippen LogP contribution is 2.24. The Balaban J connectivity index is 1.50. The highest BCUT2D eigenvalue weighted by atomic mass is 19.1. The van der Waals surface area contributed by atoms with Gasteiger partial charge in [-0.05, 0) is 36.5 Å².